The summed E-state index contributed by atoms with van der Waals surface area (Å²) in [6.45, 7) is 3.09. The third kappa shape index (κ3) is 3.08. The van der Waals surface area contributed by atoms with E-state index < -0.39 is 11.6 Å². The quantitative estimate of drug-likeness (QED) is 0.748. The Labute approximate surface area is 142 Å². The molecule has 2 aliphatic rings. The number of carbonyl (C=O) groups excluding carboxylic acids is 2. The number of ether oxygens (including phenoxy) is 2. The van der Waals surface area contributed by atoms with Crippen molar-refractivity contribution in [3.8, 4) is 0 Å². The molecule has 0 radical (unpaired) electrons. The van der Waals surface area contributed by atoms with Crippen LogP contribution in [0.3, 0.4) is 0 Å². The molecule has 2 heterocycles. The zero-order chi connectivity index (χ0) is 17.2. The molecule has 128 valence electrons. The van der Waals surface area contributed by atoms with Crippen LogP contribution in [-0.4, -0.2) is 48.6 Å². The Morgan fingerprint density at radius 1 is 1.38 bits per heavy atom. The van der Waals surface area contributed by atoms with E-state index in [1.807, 2.05) is 30.3 Å². The molecule has 2 aliphatic heterocycles. The van der Waals surface area contributed by atoms with Crippen molar-refractivity contribution < 1.29 is 19.1 Å². The van der Waals surface area contributed by atoms with E-state index in [1.165, 1.54) is 6.08 Å². The molecule has 5 nitrogen and oxygen atoms in total. The molecule has 0 spiro atoms. The Kier molecular flexibility index (Phi) is 4.71. The highest BCUT2D eigenvalue weighted by molar-refractivity contribution is 6.00. The zero-order valence-corrected chi connectivity index (χ0v) is 14.2. The van der Waals surface area contributed by atoms with Crippen molar-refractivity contribution >= 4 is 11.8 Å². The van der Waals surface area contributed by atoms with Crippen LogP contribution in [0.25, 0.3) is 0 Å². The van der Waals surface area contributed by atoms with Crippen LogP contribution in [0.1, 0.15) is 25.3 Å². The van der Waals surface area contributed by atoms with E-state index in [-0.39, 0.29) is 18.2 Å². The van der Waals surface area contributed by atoms with Crippen molar-refractivity contribution in [1.82, 2.24) is 4.90 Å². The van der Waals surface area contributed by atoms with Crippen LogP contribution in [0.4, 0.5) is 0 Å². The first-order valence-electron chi connectivity index (χ1n) is 8.32. The molecule has 0 saturated carbocycles. The molecule has 0 N–H and O–H groups in total. The maximum atomic E-state index is 12.9. The first-order valence-corrected chi connectivity index (χ1v) is 8.32. The predicted octanol–water partition coefficient (Wildman–Crippen LogP) is 2.11. The molecule has 0 aliphatic carbocycles. The van der Waals surface area contributed by atoms with Gasteiger partial charge in [0.05, 0.1) is 18.3 Å². The van der Waals surface area contributed by atoms with Crippen molar-refractivity contribution in [2.45, 2.75) is 37.8 Å². The van der Waals surface area contributed by atoms with Gasteiger partial charge in [-0.3, -0.25) is 4.79 Å². The number of Topliss-reactive ketones (excluding diaryl/α,β-unsaturated/α-hetero) is 1. The number of rotatable bonds is 6. The highest BCUT2D eigenvalue weighted by Crippen LogP contribution is 2.36. The fraction of sp³-hybridized carbons (Fsp3) is 0.474. The standard InChI is InChI=1S/C19H23NO4/c1-19(17(21)11-14-7-4-3-5-8-14)16(12-18(22)24-19)20-10-6-9-15(20)13-23-2/h3-5,7-8,12,15H,6,9-11,13H2,1-2H3/t15-,19?/m0/s1. The molecule has 1 saturated heterocycles. The smallest absolute Gasteiger partial charge is 0.334 e. The van der Waals surface area contributed by atoms with Gasteiger partial charge in [0.25, 0.3) is 0 Å². The lowest BCUT2D eigenvalue weighted by Crippen LogP contribution is -2.47. The van der Waals surface area contributed by atoms with Crippen molar-refractivity contribution in [2.24, 2.45) is 0 Å². The van der Waals surface area contributed by atoms with E-state index >= 15 is 0 Å². The normalized spacial score (nSPS) is 26.4. The second-order valence-electron chi connectivity index (χ2n) is 6.51. The summed E-state index contributed by atoms with van der Waals surface area (Å²) in [4.78, 5) is 27.0. The number of carbonyl (C=O) groups is 2. The maximum absolute atomic E-state index is 12.9. The molecule has 3 rings (SSSR count). The molecule has 5 heteroatoms. The van der Waals surface area contributed by atoms with Gasteiger partial charge in [0, 0.05) is 26.2 Å². The Hall–Kier alpha value is -2.14. The maximum Gasteiger partial charge on any atom is 0.334 e. The van der Waals surface area contributed by atoms with Gasteiger partial charge in [0.2, 0.25) is 5.60 Å². The summed E-state index contributed by atoms with van der Waals surface area (Å²) in [6.07, 6.45) is 3.71. The van der Waals surface area contributed by atoms with Gasteiger partial charge in [0.1, 0.15) is 0 Å². The third-order valence-corrected chi connectivity index (χ3v) is 4.83. The van der Waals surface area contributed by atoms with Gasteiger partial charge >= 0.3 is 5.97 Å². The Balaban J connectivity index is 1.83. The first kappa shape index (κ1) is 16.7. The van der Waals surface area contributed by atoms with E-state index in [9.17, 15) is 9.59 Å². The summed E-state index contributed by atoms with van der Waals surface area (Å²) < 4.78 is 10.8. The second-order valence-corrected chi connectivity index (χ2v) is 6.51. The summed E-state index contributed by atoms with van der Waals surface area (Å²) in [6, 6.07) is 9.71. The monoisotopic (exact) mass is 329 g/mol. The Morgan fingerprint density at radius 3 is 2.83 bits per heavy atom. The summed E-state index contributed by atoms with van der Waals surface area (Å²) in [5, 5.41) is 0. The molecular formula is C19H23NO4. The van der Waals surface area contributed by atoms with Crippen LogP contribution < -0.4 is 0 Å². The van der Waals surface area contributed by atoms with Gasteiger partial charge in [0.15, 0.2) is 5.78 Å². The average molecular weight is 329 g/mol. The van der Waals surface area contributed by atoms with Gasteiger partial charge in [-0.05, 0) is 25.3 Å². The molecule has 0 aromatic heterocycles. The molecule has 0 bridgehead atoms. The molecule has 0 amide bonds. The van der Waals surface area contributed by atoms with E-state index in [0.29, 0.717) is 12.3 Å². The zero-order valence-electron chi connectivity index (χ0n) is 14.2. The van der Waals surface area contributed by atoms with E-state index in [4.69, 9.17) is 9.47 Å². The SMILES string of the molecule is COC[C@@H]1CCCN1C1=CC(=O)OC1(C)C(=O)Cc1ccccc1. The lowest BCUT2D eigenvalue weighted by molar-refractivity contribution is -0.154. The highest BCUT2D eigenvalue weighted by atomic mass is 16.6. The number of likely N-dealkylation sites (tertiary alicyclic amines) is 1. The largest absolute Gasteiger partial charge is 0.442 e. The fourth-order valence-electron chi connectivity index (χ4n) is 3.56. The number of nitrogens with zero attached hydrogens (tertiary/aromatic N) is 1. The molecule has 24 heavy (non-hydrogen) atoms. The van der Waals surface area contributed by atoms with Crippen molar-refractivity contribution in [3.63, 3.8) is 0 Å². The Bertz CT molecular complexity index is 655. The number of methoxy groups -OCH3 is 1. The van der Waals surface area contributed by atoms with Crippen LogP contribution in [0.5, 0.6) is 0 Å². The molecule has 1 fully saturated rings. The summed E-state index contributed by atoms with van der Waals surface area (Å²) in [7, 11) is 1.67. The van der Waals surface area contributed by atoms with E-state index in [2.05, 4.69) is 4.90 Å². The number of esters is 1. The molecule has 2 atom stereocenters. The number of hydrogen-bond acceptors (Lipinski definition) is 5. The van der Waals surface area contributed by atoms with Crippen LogP contribution in [0, 0.1) is 0 Å². The summed E-state index contributed by atoms with van der Waals surface area (Å²) >= 11 is 0. The number of ketones is 1. The minimum Gasteiger partial charge on any atom is -0.442 e. The molecule has 1 aromatic carbocycles. The average Bonchev–Trinajstić information content (AvgIpc) is 3.13. The minimum absolute atomic E-state index is 0.103. The van der Waals surface area contributed by atoms with Gasteiger partial charge in [-0.1, -0.05) is 30.3 Å². The lowest BCUT2D eigenvalue weighted by Gasteiger charge is -2.35. The van der Waals surface area contributed by atoms with Crippen molar-refractivity contribution in [2.75, 3.05) is 20.3 Å². The third-order valence-electron chi connectivity index (χ3n) is 4.83. The molecule has 1 aromatic rings. The van der Waals surface area contributed by atoms with Crippen LogP contribution in [-0.2, 0) is 25.5 Å². The minimum atomic E-state index is -1.22. The number of cyclic esters (lactones) is 1. The first-order chi connectivity index (χ1) is 11.5. The van der Waals surface area contributed by atoms with Gasteiger partial charge in [-0.15, -0.1) is 0 Å². The molecule has 1 unspecified atom stereocenters. The topological polar surface area (TPSA) is 55.8 Å². The van der Waals surface area contributed by atoms with Gasteiger partial charge in [-0.2, -0.15) is 0 Å². The summed E-state index contributed by atoms with van der Waals surface area (Å²) in [5.74, 6) is -0.550. The van der Waals surface area contributed by atoms with Gasteiger partial charge in [-0.25, -0.2) is 4.79 Å². The fourth-order valence-corrected chi connectivity index (χ4v) is 3.56. The van der Waals surface area contributed by atoms with E-state index in [1.54, 1.807) is 14.0 Å². The van der Waals surface area contributed by atoms with Crippen molar-refractivity contribution in [3.05, 3.63) is 47.7 Å². The highest BCUT2D eigenvalue weighted by Gasteiger charge is 2.49. The summed E-state index contributed by atoms with van der Waals surface area (Å²) in [5.41, 5.74) is 0.373. The van der Waals surface area contributed by atoms with Crippen molar-refractivity contribution in [1.29, 1.82) is 0 Å². The lowest BCUT2D eigenvalue weighted by atomic mass is 9.91. The molecular weight excluding hydrogens is 306 g/mol. The van der Waals surface area contributed by atoms with Crippen LogP contribution in [0.2, 0.25) is 0 Å². The number of benzene rings is 1. The Morgan fingerprint density at radius 2 is 2.12 bits per heavy atom. The van der Waals surface area contributed by atoms with Gasteiger partial charge < -0.3 is 14.4 Å². The van der Waals surface area contributed by atoms with Crippen LogP contribution >= 0.6 is 0 Å². The predicted molar refractivity (Wildman–Crippen MR) is 89.3 cm³/mol. The number of hydrogen-bond donors (Lipinski definition) is 0. The van der Waals surface area contributed by atoms with Crippen LogP contribution in [0.15, 0.2) is 42.1 Å². The van der Waals surface area contributed by atoms with E-state index in [0.717, 1.165) is 24.9 Å². The second kappa shape index (κ2) is 6.77.